The predicted octanol–water partition coefficient (Wildman–Crippen LogP) is 4.91. The highest BCUT2D eigenvalue weighted by molar-refractivity contribution is 7.71. The molecule has 9 heteroatoms. The maximum atomic E-state index is 12.0. The number of benzene rings is 2. The third-order valence-electron chi connectivity index (χ3n) is 3.64. The molecule has 3 aromatic rings. The zero-order valence-electron chi connectivity index (χ0n) is 12.9. The van der Waals surface area contributed by atoms with Crippen LogP contribution in [0.5, 0.6) is 0 Å². The van der Waals surface area contributed by atoms with Gasteiger partial charge in [-0.15, -0.1) is 0 Å². The first-order valence-electron chi connectivity index (χ1n) is 7.23. The van der Waals surface area contributed by atoms with E-state index in [1.807, 2.05) is 0 Å². The van der Waals surface area contributed by atoms with Gasteiger partial charge in [0.2, 0.25) is 0 Å². The molecule has 0 bridgehead atoms. The normalized spacial score (nSPS) is 11.8. The lowest BCUT2D eigenvalue weighted by Gasteiger charge is -2.15. The summed E-state index contributed by atoms with van der Waals surface area (Å²) in [5.74, 6) is -0.687. The highest BCUT2D eigenvalue weighted by Crippen LogP contribution is 2.37. The van der Waals surface area contributed by atoms with Gasteiger partial charge in [-0.3, -0.25) is 4.98 Å². The molecular weight excluding hydrogens is 415 g/mol. The Balaban J connectivity index is 2.12. The van der Waals surface area contributed by atoms with E-state index >= 15 is 0 Å². The Morgan fingerprint density at radius 3 is 2.31 bits per heavy atom. The molecule has 0 spiro atoms. The van der Waals surface area contributed by atoms with E-state index < -0.39 is 11.6 Å². The summed E-state index contributed by atoms with van der Waals surface area (Å²) in [7, 11) is 0. The summed E-state index contributed by atoms with van der Waals surface area (Å²) in [5.41, 5.74) is 0.978. The van der Waals surface area contributed by atoms with Gasteiger partial charge in [-0.2, -0.15) is 15.0 Å². The first kappa shape index (κ1) is 18.6. The summed E-state index contributed by atoms with van der Waals surface area (Å²) < 4.78 is 1.30. The van der Waals surface area contributed by atoms with Crippen LogP contribution in [0.2, 0.25) is 15.1 Å². The topological polar surface area (TPSA) is 74.5 Å². The Hall–Kier alpha value is -2.17. The molecule has 1 atom stereocenters. The first-order valence-corrected chi connectivity index (χ1v) is 8.78. The van der Waals surface area contributed by atoms with Crippen LogP contribution >= 0.6 is 47.0 Å². The summed E-state index contributed by atoms with van der Waals surface area (Å²) in [4.78, 5) is 14.5. The van der Waals surface area contributed by atoms with Crippen LogP contribution in [0.25, 0.3) is 5.69 Å². The van der Waals surface area contributed by atoms with E-state index in [1.165, 1.54) is 18.3 Å². The maximum Gasteiger partial charge on any atom is 0.347 e. The smallest absolute Gasteiger partial charge is 0.295 e. The zero-order chi connectivity index (χ0) is 18.8. The molecule has 1 unspecified atom stereocenters. The molecule has 0 radical (unpaired) electrons. The van der Waals surface area contributed by atoms with E-state index in [1.54, 1.807) is 24.3 Å². The van der Waals surface area contributed by atoms with Crippen molar-refractivity contribution in [2.75, 3.05) is 0 Å². The van der Waals surface area contributed by atoms with Gasteiger partial charge < -0.3 is 0 Å². The number of aromatic amines is 1. The highest BCUT2D eigenvalue weighted by Gasteiger charge is 2.21. The number of H-pyrrole nitrogens is 1. The van der Waals surface area contributed by atoms with Crippen molar-refractivity contribution in [1.29, 1.82) is 5.26 Å². The Kier molecular flexibility index (Phi) is 5.44. The van der Waals surface area contributed by atoms with Crippen LogP contribution < -0.4 is 5.69 Å². The van der Waals surface area contributed by atoms with Crippen molar-refractivity contribution in [2.45, 2.75) is 5.92 Å². The summed E-state index contributed by atoms with van der Waals surface area (Å²) in [6.07, 6.45) is 1.33. The number of halogens is 3. The number of rotatable bonds is 3. The molecule has 130 valence electrons. The Morgan fingerprint density at radius 1 is 1.15 bits per heavy atom. The second-order valence-electron chi connectivity index (χ2n) is 5.29. The molecule has 2 aromatic carbocycles. The third kappa shape index (κ3) is 3.67. The second kappa shape index (κ2) is 7.60. The largest absolute Gasteiger partial charge is 0.347 e. The Bertz CT molecular complexity index is 1110. The van der Waals surface area contributed by atoms with Gasteiger partial charge in [0.05, 0.1) is 23.9 Å². The van der Waals surface area contributed by atoms with Gasteiger partial charge in [0.25, 0.3) is 0 Å². The lowest BCUT2D eigenvalue weighted by atomic mass is 9.92. The van der Waals surface area contributed by atoms with E-state index in [9.17, 15) is 10.1 Å². The number of nitrogens with zero attached hydrogens (tertiary/aromatic N) is 3. The second-order valence-corrected chi connectivity index (χ2v) is 6.98. The van der Waals surface area contributed by atoms with Gasteiger partial charge in [-0.05, 0) is 29.8 Å². The molecule has 5 nitrogen and oxygen atoms in total. The van der Waals surface area contributed by atoms with Gasteiger partial charge in [0.15, 0.2) is 0 Å². The SMILES string of the molecule is N#CC(c1ccc(Cl)cc1)c1c(Cl)cc(-n2ncc(=S)[nH]c2=O)cc1Cl. The van der Waals surface area contributed by atoms with Crippen molar-refractivity contribution in [3.05, 3.63) is 83.9 Å². The number of nitrogens with one attached hydrogen (secondary N) is 1. The van der Waals surface area contributed by atoms with Crippen LogP contribution in [0.15, 0.2) is 47.4 Å². The molecule has 0 aliphatic carbocycles. The van der Waals surface area contributed by atoms with Gasteiger partial charge in [-0.1, -0.05) is 59.2 Å². The van der Waals surface area contributed by atoms with E-state index in [-0.39, 0.29) is 14.7 Å². The van der Waals surface area contributed by atoms with Gasteiger partial charge in [0.1, 0.15) is 4.64 Å². The van der Waals surface area contributed by atoms with Crippen LogP contribution in [-0.4, -0.2) is 14.8 Å². The van der Waals surface area contributed by atoms with Gasteiger partial charge in [0, 0.05) is 20.6 Å². The Labute approximate surface area is 168 Å². The van der Waals surface area contributed by atoms with E-state index in [0.717, 1.165) is 4.68 Å². The number of nitriles is 1. The molecule has 0 aliphatic rings. The van der Waals surface area contributed by atoms with Crippen molar-refractivity contribution in [2.24, 2.45) is 0 Å². The maximum absolute atomic E-state index is 12.0. The predicted molar refractivity (Wildman–Crippen MR) is 104 cm³/mol. The fourth-order valence-electron chi connectivity index (χ4n) is 2.47. The minimum absolute atomic E-state index is 0.215. The zero-order valence-corrected chi connectivity index (χ0v) is 16.0. The minimum atomic E-state index is -0.687. The molecule has 0 saturated heterocycles. The molecule has 3 rings (SSSR count). The standard InChI is InChI=1S/C17H9Cl3N4OS/c18-10-3-1-9(2-4-10)12(7-21)16-13(19)5-11(6-14(16)20)24-17(25)23-15(26)8-22-24/h1-6,8,12H,(H,23,25,26). The third-order valence-corrected chi connectivity index (χ3v) is 4.73. The average Bonchev–Trinajstić information content (AvgIpc) is 2.59. The van der Waals surface area contributed by atoms with Crippen molar-refractivity contribution in [1.82, 2.24) is 14.8 Å². The van der Waals surface area contributed by atoms with Crippen molar-refractivity contribution in [3.8, 4) is 11.8 Å². The lowest BCUT2D eigenvalue weighted by molar-refractivity contribution is 0.757. The molecule has 0 amide bonds. The minimum Gasteiger partial charge on any atom is -0.295 e. The average molecular weight is 424 g/mol. The quantitative estimate of drug-likeness (QED) is 0.608. The molecule has 0 aliphatic heterocycles. The van der Waals surface area contributed by atoms with Crippen molar-refractivity contribution < 1.29 is 0 Å². The summed E-state index contributed by atoms with van der Waals surface area (Å²) in [5, 5.41) is 14.6. The molecule has 1 heterocycles. The van der Waals surface area contributed by atoms with E-state index in [2.05, 4.69) is 16.2 Å². The van der Waals surface area contributed by atoms with Crippen LogP contribution in [0.3, 0.4) is 0 Å². The highest BCUT2D eigenvalue weighted by atomic mass is 35.5. The monoisotopic (exact) mass is 422 g/mol. The van der Waals surface area contributed by atoms with Crippen LogP contribution in [0, 0.1) is 16.0 Å². The fraction of sp³-hybridized carbons (Fsp3) is 0.0588. The number of hydrogen-bond donors (Lipinski definition) is 1. The summed E-state index contributed by atoms with van der Waals surface area (Å²) in [6.45, 7) is 0. The number of aromatic nitrogens is 3. The van der Waals surface area contributed by atoms with E-state index in [0.29, 0.717) is 21.8 Å². The van der Waals surface area contributed by atoms with Gasteiger partial charge in [-0.25, -0.2) is 4.79 Å². The lowest BCUT2D eigenvalue weighted by Crippen LogP contribution is -2.23. The van der Waals surface area contributed by atoms with E-state index in [4.69, 9.17) is 47.0 Å². The van der Waals surface area contributed by atoms with Crippen LogP contribution in [-0.2, 0) is 0 Å². The van der Waals surface area contributed by atoms with Crippen molar-refractivity contribution in [3.63, 3.8) is 0 Å². The summed E-state index contributed by atoms with van der Waals surface area (Å²) in [6, 6.07) is 12.1. The fourth-order valence-corrected chi connectivity index (χ4v) is 3.42. The Morgan fingerprint density at radius 2 is 1.77 bits per heavy atom. The first-order chi connectivity index (χ1) is 12.4. The molecule has 26 heavy (non-hydrogen) atoms. The van der Waals surface area contributed by atoms with Gasteiger partial charge >= 0.3 is 5.69 Å². The molecule has 0 saturated carbocycles. The van der Waals surface area contributed by atoms with Crippen LogP contribution in [0.4, 0.5) is 0 Å². The number of hydrogen-bond acceptors (Lipinski definition) is 4. The molecule has 1 N–H and O–H groups in total. The molecule has 0 fully saturated rings. The van der Waals surface area contributed by atoms with Crippen molar-refractivity contribution >= 4 is 47.0 Å². The molecular formula is C17H9Cl3N4OS. The summed E-state index contributed by atoms with van der Waals surface area (Å²) >= 11 is 23.5. The molecule has 1 aromatic heterocycles. The van der Waals surface area contributed by atoms with Crippen LogP contribution in [0.1, 0.15) is 17.0 Å².